The van der Waals surface area contributed by atoms with Crippen molar-refractivity contribution in [3.63, 3.8) is 0 Å². The lowest BCUT2D eigenvalue weighted by Gasteiger charge is -2.17. The van der Waals surface area contributed by atoms with Gasteiger partial charge in [0.05, 0.1) is 6.61 Å². The molecular formula is C14H15NOS. The molecule has 0 aliphatic carbocycles. The summed E-state index contributed by atoms with van der Waals surface area (Å²) in [6.07, 6.45) is 0.931. The predicted molar refractivity (Wildman–Crippen MR) is 70.7 cm³/mol. The molecule has 2 unspecified atom stereocenters. The van der Waals surface area contributed by atoms with Gasteiger partial charge in [0.2, 0.25) is 0 Å². The highest BCUT2D eigenvalue weighted by atomic mass is 32.1. The van der Waals surface area contributed by atoms with Crippen LogP contribution in [0.3, 0.4) is 0 Å². The van der Waals surface area contributed by atoms with Gasteiger partial charge in [-0.3, -0.25) is 0 Å². The number of ether oxygens (including phenoxy) is 1. The van der Waals surface area contributed by atoms with E-state index < -0.39 is 0 Å². The molecule has 2 N–H and O–H groups in total. The quantitative estimate of drug-likeness (QED) is 0.902. The third-order valence-corrected chi connectivity index (χ3v) is 4.17. The fraction of sp³-hybridized carbons (Fsp3) is 0.286. The van der Waals surface area contributed by atoms with Gasteiger partial charge in [0, 0.05) is 22.4 Å². The van der Waals surface area contributed by atoms with E-state index in [9.17, 15) is 0 Å². The van der Waals surface area contributed by atoms with E-state index in [4.69, 9.17) is 10.5 Å². The van der Waals surface area contributed by atoms with Crippen LogP contribution >= 0.6 is 11.3 Å². The number of rotatable bonds is 3. The molecule has 0 radical (unpaired) electrons. The molecule has 1 aromatic heterocycles. The maximum Gasteiger partial charge on any atom is 0.122 e. The van der Waals surface area contributed by atoms with E-state index in [1.807, 2.05) is 12.1 Å². The summed E-state index contributed by atoms with van der Waals surface area (Å²) >= 11 is 1.77. The molecule has 0 bridgehead atoms. The number of fused-ring (bicyclic) bond motifs is 1. The Hall–Kier alpha value is -1.32. The van der Waals surface area contributed by atoms with Crippen LogP contribution in [0, 0.1) is 0 Å². The van der Waals surface area contributed by atoms with Crippen molar-refractivity contribution in [2.75, 3.05) is 6.61 Å². The molecule has 1 aliphatic heterocycles. The van der Waals surface area contributed by atoms with Gasteiger partial charge >= 0.3 is 0 Å². The first-order chi connectivity index (χ1) is 8.34. The zero-order chi connectivity index (χ0) is 11.7. The van der Waals surface area contributed by atoms with Crippen molar-refractivity contribution in [3.8, 4) is 5.75 Å². The number of hydrogen-bond donors (Lipinski definition) is 1. The van der Waals surface area contributed by atoms with Gasteiger partial charge in [-0.05, 0) is 23.9 Å². The second-order valence-electron chi connectivity index (χ2n) is 4.40. The lowest BCUT2D eigenvalue weighted by Crippen LogP contribution is -2.31. The Morgan fingerprint density at radius 2 is 2.18 bits per heavy atom. The van der Waals surface area contributed by atoms with Crippen molar-refractivity contribution in [2.45, 2.75) is 18.4 Å². The largest absolute Gasteiger partial charge is 0.493 e. The minimum Gasteiger partial charge on any atom is -0.493 e. The summed E-state index contributed by atoms with van der Waals surface area (Å²) < 4.78 is 5.67. The van der Waals surface area contributed by atoms with Crippen molar-refractivity contribution >= 4 is 11.3 Å². The van der Waals surface area contributed by atoms with Crippen molar-refractivity contribution in [1.29, 1.82) is 0 Å². The molecule has 88 valence electrons. The van der Waals surface area contributed by atoms with Crippen molar-refractivity contribution in [1.82, 2.24) is 0 Å². The summed E-state index contributed by atoms with van der Waals surface area (Å²) in [6, 6.07) is 12.6. The van der Waals surface area contributed by atoms with E-state index in [1.165, 1.54) is 10.4 Å². The monoisotopic (exact) mass is 245 g/mol. The molecular weight excluding hydrogens is 230 g/mol. The Morgan fingerprint density at radius 3 is 3.00 bits per heavy atom. The third-order valence-electron chi connectivity index (χ3n) is 3.27. The Balaban J connectivity index is 1.78. The molecule has 0 fully saturated rings. The van der Waals surface area contributed by atoms with Crippen LogP contribution < -0.4 is 10.5 Å². The van der Waals surface area contributed by atoms with E-state index in [0.717, 1.165) is 12.2 Å². The Morgan fingerprint density at radius 1 is 1.29 bits per heavy atom. The first-order valence-corrected chi connectivity index (χ1v) is 6.72. The first kappa shape index (κ1) is 10.8. The molecule has 1 aliphatic rings. The summed E-state index contributed by atoms with van der Waals surface area (Å²) in [6.45, 7) is 0.714. The van der Waals surface area contributed by atoms with Crippen LogP contribution in [0.2, 0.25) is 0 Å². The SMILES string of the molecule is NC(Cc1cccs1)C1COc2ccccc21. The molecule has 2 aromatic rings. The standard InChI is InChI=1S/C14H15NOS/c15-13(8-10-4-3-7-17-10)12-9-16-14-6-2-1-5-11(12)14/h1-7,12-13H,8-9,15H2. The summed E-state index contributed by atoms with van der Waals surface area (Å²) in [7, 11) is 0. The molecule has 3 heteroatoms. The minimum absolute atomic E-state index is 0.136. The van der Waals surface area contributed by atoms with Gasteiger partial charge in [0.25, 0.3) is 0 Å². The zero-order valence-corrected chi connectivity index (χ0v) is 10.3. The molecule has 3 rings (SSSR count). The summed E-state index contributed by atoms with van der Waals surface area (Å²) in [5.74, 6) is 1.33. The average Bonchev–Trinajstić information content (AvgIpc) is 2.96. The number of benzene rings is 1. The highest BCUT2D eigenvalue weighted by Gasteiger charge is 2.29. The van der Waals surface area contributed by atoms with Gasteiger partial charge in [-0.1, -0.05) is 24.3 Å². The maximum absolute atomic E-state index is 6.31. The summed E-state index contributed by atoms with van der Waals surface area (Å²) in [5, 5.41) is 2.10. The van der Waals surface area contributed by atoms with Gasteiger partial charge in [-0.2, -0.15) is 0 Å². The first-order valence-electron chi connectivity index (χ1n) is 5.84. The van der Waals surface area contributed by atoms with E-state index in [0.29, 0.717) is 12.5 Å². The van der Waals surface area contributed by atoms with Gasteiger partial charge in [0.1, 0.15) is 5.75 Å². The molecule has 0 amide bonds. The maximum atomic E-state index is 6.31. The summed E-state index contributed by atoms with van der Waals surface area (Å²) in [4.78, 5) is 1.35. The molecule has 2 heterocycles. The van der Waals surface area contributed by atoms with Crippen LogP contribution in [0.25, 0.3) is 0 Å². The molecule has 2 atom stereocenters. The Labute approximate surface area is 105 Å². The van der Waals surface area contributed by atoms with Crippen LogP contribution in [0.1, 0.15) is 16.4 Å². The van der Waals surface area contributed by atoms with Crippen LogP contribution in [-0.4, -0.2) is 12.6 Å². The van der Waals surface area contributed by atoms with Crippen LogP contribution in [-0.2, 0) is 6.42 Å². The number of nitrogens with two attached hydrogens (primary N) is 1. The number of thiophene rings is 1. The highest BCUT2D eigenvalue weighted by molar-refractivity contribution is 7.09. The molecule has 17 heavy (non-hydrogen) atoms. The van der Waals surface area contributed by atoms with Crippen molar-refractivity contribution in [2.24, 2.45) is 5.73 Å². The lowest BCUT2D eigenvalue weighted by atomic mass is 9.91. The number of hydrogen-bond acceptors (Lipinski definition) is 3. The Bertz CT molecular complexity index is 495. The predicted octanol–water partition coefficient (Wildman–Crippen LogP) is 2.79. The van der Waals surface area contributed by atoms with Gasteiger partial charge in [-0.25, -0.2) is 0 Å². The van der Waals surface area contributed by atoms with Crippen LogP contribution in [0.15, 0.2) is 41.8 Å². The zero-order valence-electron chi connectivity index (χ0n) is 9.50. The molecule has 1 aromatic carbocycles. The second kappa shape index (κ2) is 4.51. The normalized spacial score (nSPS) is 19.7. The van der Waals surface area contributed by atoms with Crippen LogP contribution in [0.5, 0.6) is 5.75 Å². The number of para-hydroxylation sites is 1. The fourth-order valence-electron chi connectivity index (χ4n) is 2.35. The van der Waals surface area contributed by atoms with E-state index >= 15 is 0 Å². The van der Waals surface area contributed by atoms with Gasteiger partial charge in [0.15, 0.2) is 0 Å². The minimum atomic E-state index is 0.136. The molecule has 0 saturated heterocycles. The summed E-state index contributed by atoms with van der Waals surface area (Å²) in [5.41, 5.74) is 7.57. The van der Waals surface area contributed by atoms with E-state index in [2.05, 4.69) is 29.6 Å². The van der Waals surface area contributed by atoms with Gasteiger partial charge in [-0.15, -0.1) is 11.3 Å². The topological polar surface area (TPSA) is 35.2 Å². The van der Waals surface area contributed by atoms with E-state index in [1.54, 1.807) is 11.3 Å². The van der Waals surface area contributed by atoms with Crippen LogP contribution in [0.4, 0.5) is 0 Å². The van der Waals surface area contributed by atoms with E-state index in [-0.39, 0.29) is 6.04 Å². The smallest absolute Gasteiger partial charge is 0.122 e. The van der Waals surface area contributed by atoms with Crippen molar-refractivity contribution < 1.29 is 4.74 Å². The lowest BCUT2D eigenvalue weighted by molar-refractivity contribution is 0.313. The second-order valence-corrected chi connectivity index (χ2v) is 5.43. The molecule has 0 spiro atoms. The third kappa shape index (κ3) is 2.08. The highest BCUT2D eigenvalue weighted by Crippen LogP contribution is 2.35. The Kier molecular flexibility index (Phi) is 2.87. The van der Waals surface area contributed by atoms with Crippen molar-refractivity contribution in [3.05, 3.63) is 52.2 Å². The van der Waals surface area contributed by atoms with Gasteiger partial charge < -0.3 is 10.5 Å². The molecule has 2 nitrogen and oxygen atoms in total. The molecule has 0 saturated carbocycles. The average molecular weight is 245 g/mol. The fourth-order valence-corrected chi connectivity index (χ4v) is 3.12.